The second kappa shape index (κ2) is 7.89. The molecule has 6 nitrogen and oxygen atoms in total. The van der Waals surface area contributed by atoms with Crippen LogP contribution in [0, 0.1) is 0 Å². The van der Waals surface area contributed by atoms with Crippen LogP contribution >= 0.6 is 11.6 Å². The number of anilines is 1. The van der Waals surface area contributed by atoms with Gasteiger partial charge in [0.25, 0.3) is 5.91 Å². The van der Waals surface area contributed by atoms with Gasteiger partial charge in [0, 0.05) is 10.6 Å². The molecule has 1 heterocycles. The van der Waals surface area contributed by atoms with Gasteiger partial charge in [0.05, 0.1) is 17.0 Å². The van der Waals surface area contributed by atoms with Gasteiger partial charge in [0.1, 0.15) is 6.04 Å². The molecular weight excluding hydrogens is 412 g/mol. The van der Waals surface area contributed by atoms with Crippen LogP contribution in [-0.4, -0.2) is 36.1 Å². The third kappa shape index (κ3) is 3.95. The molecular formula is C21H23ClN2O4S. The first-order chi connectivity index (χ1) is 13.6. The highest BCUT2D eigenvalue weighted by molar-refractivity contribution is 7.89. The average molecular weight is 435 g/mol. The maximum Gasteiger partial charge on any atom is 0.252 e. The summed E-state index contributed by atoms with van der Waals surface area (Å²) in [7, 11) is -4.06. The van der Waals surface area contributed by atoms with Crippen molar-refractivity contribution in [1.29, 1.82) is 0 Å². The summed E-state index contributed by atoms with van der Waals surface area (Å²) >= 11 is 5.90. The summed E-state index contributed by atoms with van der Waals surface area (Å²) in [6, 6.07) is 13.2. The molecule has 2 aromatic rings. The molecule has 0 N–H and O–H groups in total. The Morgan fingerprint density at radius 1 is 1.07 bits per heavy atom. The van der Waals surface area contributed by atoms with E-state index in [4.69, 9.17) is 11.6 Å². The topological polar surface area (TPSA) is 74.8 Å². The van der Waals surface area contributed by atoms with Crippen LogP contribution in [0.2, 0.25) is 5.02 Å². The fourth-order valence-electron chi connectivity index (χ4n) is 3.44. The SMILES string of the molecule is CCC(C)(C)N(C1CC(=O)N(c2ccccc2)C1=O)S(=O)(=O)c1ccc(Cl)cc1. The molecule has 0 aliphatic carbocycles. The number of benzene rings is 2. The summed E-state index contributed by atoms with van der Waals surface area (Å²) in [6.45, 7) is 5.35. The lowest BCUT2D eigenvalue weighted by molar-refractivity contribution is -0.122. The van der Waals surface area contributed by atoms with Crippen LogP contribution in [0.3, 0.4) is 0 Å². The van der Waals surface area contributed by atoms with E-state index in [-0.39, 0.29) is 11.3 Å². The highest BCUT2D eigenvalue weighted by Crippen LogP contribution is 2.35. The number of hydrogen-bond acceptors (Lipinski definition) is 4. The standard InChI is InChI=1S/C21H23ClN2O4S/c1-4-21(2,3)24(29(27,28)17-12-10-15(22)11-13-17)18-14-19(25)23(20(18)26)16-8-6-5-7-9-16/h5-13,18H,4,14H2,1-3H3. The Hall–Kier alpha value is -2.22. The summed E-state index contributed by atoms with van der Waals surface area (Å²) in [4.78, 5) is 27.0. The first-order valence-electron chi connectivity index (χ1n) is 9.31. The third-order valence-corrected chi connectivity index (χ3v) is 7.64. The molecule has 8 heteroatoms. The van der Waals surface area contributed by atoms with Crippen LogP contribution < -0.4 is 4.90 Å². The number of para-hydroxylation sites is 1. The fourth-order valence-corrected chi connectivity index (χ4v) is 5.55. The van der Waals surface area contributed by atoms with Crippen molar-refractivity contribution in [3.63, 3.8) is 0 Å². The lowest BCUT2D eigenvalue weighted by atomic mass is 10.00. The minimum atomic E-state index is -4.06. The zero-order valence-electron chi connectivity index (χ0n) is 16.5. The molecule has 1 fully saturated rings. The van der Waals surface area contributed by atoms with Crippen LogP contribution in [0.4, 0.5) is 5.69 Å². The van der Waals surface area contributed by atoms with Gasteiger partial charge in [-0.15, -0.1) is 0 Å². The van der Waals surface area contributed by atoms with E-state index in [0.717, 1.165) is 4.90 Å². The van der Waals surface area contributed by atoms with Crippen molar-refractivity contribution in [1.82, 2.24) is 4.31 Å². The first-order valence-corrected chi connectivity index (χ1v) is 11.1. The van der Waals surface area contributed by atoms with Crippen molar-refractivity contribution in [2.75, 3.05) is 4.90 Å². The summed E-state index contributed by atoms with van der Waals surface area (Å²) < 4.78 is 28.3. The molecule has 1 atom stereocenters. The Kier molecular flexibility index (Phi) is 5.85. The Morgan fingerprint density at radius 3 is 2.21 bits per heavy atom. The zero-order chi connectivity index (χ0) is 21.4. The lowest BCUT2D eigenvalue weighted by Crippen LogP contribution is -2.55. The minimum absolute atomic E-state index is 0.0295. The van der Waals surface area contributed by atoms with Gasteiger partial charge in [-0.25, -0.2) is 13.3 Å². The number of carbonyl (C=O) groups excluding carboxylic acids is 2. The maximum atomic E-state index is 13.5. The Balaban J connectivity index is 2.08. The molecule has 3 rings (SSSR count). The molecule has 0 bridgehead atoms. The second-order valence-electron chi connectivity index (χ2n) is 7.54. The average Bonchev–Trinajstić information content (AvgIpc) is 2.96. The number of hydrogen-bond donors (Lipinski definition) is 0. The molecule has 1 aliphatic rings. The minimum Gasteiger partial charge on any atom is -0.274 e. The number of rotatable bonds is 6. The van der Waals surface area contributed by atoms with Crippen molar-refractivity contribution < 1.29 is 18.0 Å². The molecule has 0 spiro atoms. The van der Waals surface area contributed by atoms with Crippen molar-refractivity contribution in [3.8, 4) is 0 Å². The predicted molar refractivity (Wildman–Crippen MR) is 112 cm³/mol. The Bertz CT molecular complexity index is 1020. The number of nitrogens with zero attached hydrogens (tertiary/aromatic N) is 2. The summed E-state index contributed by atoms with van der Waals surface area (Å²) in [5.41, 5.74) is -0.450. The Morgan fingerprint density at radius 2 is 1.66 bits per heavy atom. The number of carbonyl (C=O) groups is 2. The van der Waals surface area contributed by atoms with Gasteiger partial charge in [-0.2, -0.15) is 4.31 Å². The summed E-state index contributed by atoms with van der Waals surface area (Å²) in [6.07, 6.45) is 0.257. The van der Waals surface area contributed by atoms with Gasteiger partial charge >= 0.3 is 0 Å². The van der Waals surface area contributed by atoms with E-state index in [1.807, 2.05) is 6.92 Å². The molecule has 1 unspecified atom stereocenters. The van der Waals surface area contributed by atoms with Crippen LogP contribution in [0.1, 0.15) is 33.6 Å². The van der Waals surface area contributed by atoms with E-state index in [1.165, 1.54) is 28.6 Å². The smallest absolute Gasteiger partial charge is 0.252 e. The predicted octanol–water partition coefficient (Wildman–Crippen LogP) is 3.85. The number of sulfonamides is 1. The monoisotopic (exact) mass is 434 g/mol. The van der Waals surface area contributed by atoms with Crippen LogP contribution in [-0.2, 0) is 19.6 Å². The maximum absolute atomic E-state index is 13.5. The molecule has 154 valence electrons. The van der Waals surface area contributed by atoms with E-state index in [1.54, 1.807) is 44.2 Å². The van der Waals surface area contributed by atoms with E-state index in [9.17, 15) is 18.0 Å². The second-order valence-corrected chi connectivity index (χ2v) is 9.79. The molecule has 0 saturated carbocycles. The highest BCUT2D eigenvalue weighted by atomic mass is 35.5. The zero-order valence-corrected chi connectivity index (χ0v) is 18.1. The van der Waals surface area contributed by atoms with E-state index in [0.29, 0.717) is 17.1 Å². The van der Waals surface area contributed by atoms with Crippen LogP contribution in [0.5, 0.6) is 0 Å². The van der Waals surface area contributed by atoms with Crippen molar-refractivity contribution in [3.05, 3.63) is 59.6 Å². The van der Waals surface area contributed by atoms with Gasteiger partial charge in [0.2, 0.25) is 15.9 Å². The van der Waals surface area contributed by atoms with Gasteiger partial charge in [-0.05, 0) is 56.7 Å². The van der Waals surface area contributed by atoms with Gasteiger partial charge in [-0.1, -0.05) is 36.7 Å². The molecule has 0 aromatic heterocycles. The van der Waals surface area contributed by atoms with Gasteiger partial charge < -0.3 is 0 Å². The third-order valence-electron chi connectivity index (χ3n) is 5.25. The Labute approximate surface area is 176 Å². The number of amides is 2. The molecule has 1 aliphatic heterocycles. The summed E-state index contributed by atoms with van der Waals surface area (Å²) in [5.74, 6) is -0.963. The highest BCUT2D eigenvalue weighted by Gasteiger charge is 2.51. The molecule has 0 radical (unpaired) electrons. The van der Waals surface area contributed by atoms with Gasteiger partial charge in [-0.3, -0.25) is 9.59 Å². The first kappa shape index (κ1) is 21.5. The molecule has 2 amide bonds. The normalized spacial score (nSPS) is 18.0. The number of imide groups is 1. The lowest BCUT2D eigenvalue weighted by Gasteiger charge is -2.39. The van der Waals surface area contributed by atoms with Gasteiger partial charge in [0.15, 0.2) is 0 Å². The van der Waals surface area contributed by atoms with E-state index < -0.39 is 33.4 Å². The van der Waals surface area contributed by atoms with Crippen molar-refractivity contribution >= 4 is 39.1 Å². The van der Waals surface area contributed by atoms with Crippen molar-refractivity contribution in [2.24, 2.45) is 0 Å². The van der Waals surface area contributed by atoms with Crippen LogP contribution in [0.25, 0.3) is 0 Å². The van der Waals surface area contributed by atoms with E-state index >= 15 is 0 Å². The molecule has 29 heavy (non-hydrogen) atoms. The quantitative estimate of drug-likeness (QED) is 0.647. The number of halogens is 1. The van der Waals surface area contributed by atoms with Crippen LogP contribution in [0.15, 0.2) is 59.5 Å². The molecule has 1 saturated heterocycles. The molecule has 2 aromatic carbocycles. The fraction of sp³-hybridized carbons (Fsp3) is 0.333. The van der Waals surface area contributed by atoms with E-state index in [2.05, 4.69) is 0 Å². The van der Waals surface area contributed by atoms with Crippen molar-refractivity contribution in [2.45, 2.75) is 50.1 Å². The summed E-state index contributed by atoms with van der Waals surface area (Å²) in [5, 5.41) is 0.410. The largest absolute Gasteiger partial charge is 0.274 e.